The molecule has 1 atom stereocenters. The van der Waals surface area contributed by atoms with Gasteiger partial charge in [0, 0.05) is 5.92 Å². The van der Waals surface area contributed by atoms with Crippen molar-refractivity contribution in [2.75, 3.05) is 14.2 Å². The third-order valence-electron chi connectivity index (χ3n) is 2.96. The third-order valence-corrected chi connectivity index (χ3v) is 2.96. The van der Waals surface area contributed by atoms with E-state index in [-0.39, 0.29) is 25.4 Å². The Bertz CT molecular complexity index is 340. The van der Waals surface area contributed by atoms with Gasteiger partial charge in [0.1, 0.15) is 0 Å². The van der Waals surface area contributed by atoms with Gasteiger partial charge in [-0.25, -0.2) is 0 Å². The van der Waals surface area contributed by atoms with Crippen molar-refractivity contribution < 1.29 is 38.5 Å². The fourth-order valence-electron chi connectivity index (χ4n) is 1.85. The van der Waals surface area contributed by atoms with Crippen LogP contribution in [0.2, 0.25) is 0 Å². The molecule has 0 aromatic heterocycles. The van der Waals surface area contributed by atoms with E-state index < -0.39 is 17.9 Å². The minimum atomic E-state index is -0.961. The van der Waals surface area contributed by atoms with E-state index in [0.717, 1.165) is 0 Å². The Morgan fingerprint density at radius 3 is 1.70 bits per heavy atom. The Morgan fingerprint density at radius 2 is 1.22 bits per heavy atom. The van der Waals surface area contributed by atoms with Gasteiger partial charge in [0.05, 0.1) is 14.2 Å². The van der Waals surface area contributed by atoms with Gasteiger partial charge in [-0.15, -0.1) is 0 Å². The number of hydrogen-bond donors (Lipinski definition) is 0. The summed E-state index contributed by atoms with van der Waals surface area (Å²) in [5.74, 6) is -2.52. The topological polar surface area (TPSA) is 52.6 Å². The van der Waals surface area contributed by atoms with Crippen LogP contribution in [0.15, 0.2) is 12.2 Å². The summed E-state index contributed by atoms with van der Waals surface area (Å²) >= 11 is 0. The van der Waals surface area contributed by atoms with Crippen LogP contribution < -0.4 is 0 Å². The van der Waals surface area contributed by atoms with E-state index in [4.69, 9.17) is 0 Å². The second-order valence-electron chi connectivity index (χ2n) is 4.41. The molecule has 2 aliphatic carbocycles. The molecule has 0 saturated heterocycles. The Labute approximate surface area is 153 Å². The van der Waals surface area contributed by atoms with E-state index in [9.17, 15) is 9.59 Å². The summed E-state index contributed by atoms with van der Waals surface area (Å²) in [5, 5.41) is 0. The van der Waals surface area contributed by atoms with E-state index in [2.05, 4.69) is 9.47 Å². The molecule has 0 bridgehead atoms. The Morgan fingerprint density at radius 1 is 0.783 bits per heavy atom. The van der Waals surface area contributed by atoms with Crippen molar-refractivity contribution in [3.63, 3.8) is 0 Å². The number of hydrogen-bond acceptors (Lipinski definition) is 4. The molecule has 1 unspecified atom stereocenters. The van der Waals surface area contributed by atoms with Crippen molar-refractivity contribution in [1.82, 2.24) is 0 Å². The Hall–Kier alpha value is -0.697. The van der Waals surface area contributed by atoms with Crippen LogP contribution in [0.1, 0.15) is 0 Å². The Kier molecular flexibility index (Phi) is 13.3. The largest absolute Gasteiger partial charge is 2.00 e. The molecule has 23 heavy (non-hydrogen) atoms. The van der Waals surface area contributed by atoms with Crippen molar-refractivity contribution in [2.24, 2.45) is 11.8 Å². The zero-order valence-corrected chi connectivity index (χ0v) is 14.8. The molecule has 10 radical (unpaired) electrons. The van der Waals surface area contributed by atoms with Gasteiger partial charge in [0.2, 0.25) is 0 Å². The molecule has 0 spiro atoms. The summed E-state index contributed by atoms with van der Waals surface area (Å²) in [6, 6.07) is 0. The fourth-order valence-corrected chi connectivity index (χ4v) is 1.85. The standard InChI is InChI=1S/C13H15O4.C5H5.Ru/c1-16-12(14)11(13(15)17-2)10-8-6-4-3-5-7-9-10;1-2-4-5-3-1;/h3-11H,1-2H3;1-5H;/q;;+2/b8-6-;;. The van der Waals surface area contributed by atoms with Crippen molar-refractivity contribution >= 4 is 11.9 Å². The molecular weight excluding hydrogens is 381 g/mol. The maximum atomic E-state index is 11.6. The van der Waals surface area contributed by atoms with Gasteiger partial charge in [-0.2, -0.15) is 0 Å². The average molecular weight is 401 g/mol. The normalized spacial score (nSPS) is 21.8. The molecule has 0 aromatic carbocycles. The molecule has 1 fully saturated rings. The van der Waals surface area contributed by atoms with E-state index >= 15 is 0 Å². The number of allylic oxidation sites excluding steroid dienone is 2. The van der Waals surface area contributed by atoms with Gasteiger partial charge in [0.25, 0.3) is 0 Å². The maximum absolute atomic E-state index is 11.6. The Balaban J connectivity index is 0.000000684. The van der Waals surface area contributed by atoms with Crippen LogP contribution in [0.5, 0.6) is 0 Å². The summed E-state index contributed by atoms with van der Waals surface area (Å²) in [6.45, 7) is 0. The molecule has 0 aliphatic heterocycles. The molecule has 0 aromatic rings. The van der Waals surface area contributed by atoms with Gasteiger partial charge in [-0.1, -0.05) is 12.2 Å². The van der Waals surface area contributed by atoms with E-state index in [1.807, 2.05) is 51.4 Å². The van der Waals surface area contributed by atoms with Gasteiger partial charge >= 0.3 is 31.4 Å². The first kappa shape index (κ1) is 22.3. The third kappa shape index (κ3) is 8.64. The van der Waals surface area contributed by atoms with E-state index in [1.54, 1.807) is 25.0 Å². The molecular formula is C18H20O4Ru+2. The number of esters is 2. The zero-order valence-electron chi connectivity index (χ0n) is 13.1. The van der Waals surface area contributed by atoms with E-state index in [1.165, 1.54) is 14.2 Å². The predicted octanol–water partition coefficient (Wildman–Crippen LogP) is 2.17. The smallest absolute Gasteiger partial charge is 0.468 e. The van der Waals surface area contributed by atoms with Crippen LogP contribution >= 0.6 is 0 Å². The number of rotatable bonds is 3. The van der Waals surface area contributed by atoms with Crippen molar-refractivity contribution in [3.8, 4) is 0 Å². The van der Waals surface area contributed by atoms with Gasteiger partial charge in [0.15, 0.2) is 5.92 Å². The summed E-state index contributed by atoms with van der Waals surface area (Å²) < 4.78 is 9.25. The van der Waals surface area contributed by atoms with Crippen LogP contribution in [-0.2, 0) is 38.5 Å². The quantitative estimate of drug-likeness (QED) is 0.413. The van der Waals surface area contributed by atoms with E-state index in [0.29, 0.717) is 0 Å². The summed E-state index contributed by atoms with van der Waals surface area (Å²) in [5.41, 5.74) is 0. The number of carbonyl (C=O) groups is 2. The monoisotopic (exact) mass is 402 g/mol. The van der Waals surface area contributed by atoms with Crippen molar-refractivity contribution in [1.29, 1.82) is 0 Å². The minimum absolute atomic E-state index is 0. The van der Waals surface area contributed by atoms with Crippen LogP contribution in [0.4, 0.5) is 0 Å². The molecule has 4 nitrogen and oxygen atoms in total. The molecule has 1 saturated carbocycles. The molecule has 5 heteroatoms. The second kappa shape index (κ2) is 13.7. The SMILES string of the molecule is COC(=O)C(C(=O)OC)C1[CH][CH][CH][CH][CH]/C=C\1.[CH]1[CH][CH][CH][CH]1.[Ru+2]. The first-order valence-electron chi connectivity index (χ1n) is 6.88. The number of carbonyl (C=O) groups excluding carboxylic acids is 2. The molecule has 2 rings (SSSR count). The number of ether oxygens (including phenoxy) is 2. The molecule has 0 amide bonds. The van der Waals surface area contributed by atoms with Crippen LogP contribution in [0.3, 0.4) is 0 Å². The molecule has 122 valence electrons. The predicted molar refractivity (Wildman–Crippen MR) is 83.2 cm³/mol. The van der Waals surface area contributed by atoms with Gasteiger partial charge in [-0.3, -0.25) is 9.59 Å². The molecule has 0 N–H and O–H groups in total. The summed E-state index contributed by atoms with van der Waals surface area (Å²) in [4.78, 5) is 23.2. The zero-order chi connectivity index (χ0) is 16.2. The van der Waals surface area contributed by atoms with Crippen molar-refractivity contribution in [3.05, 3.63) is 76.4 Å². The molecule has 2 aliphatic rings. The molecule has 0 heterocycles. The van der Waals surface area contributed by atoms with Gasteiger partial charge < -0.3 is 9.47 Å². The first-order chi connectivity index (χ1) is 10.7. The summed E-state index contributed by atoms with van der Waals surface area (Å²) in [7, 11) is 2.50. The maximum Gasteiger partial charge on any atom is 2.00 e. The van der Waals surface area contributed by atoms with Crippen molar-refractivity contribution in [2.45, 2.75) is 0 Å². The van der Waals surface area contributed by atoms with Crippen LogP contribution in [0.25, 0.3) is 0 Å². The van der Waals surface area contributed by atoms with Crippen LogP contribution in [-0.4, -0.2) is 26.2 Å². The fraction of sp³-hybridized carbons (Fsp3) is 0.222. The minimum Gasteiger partial charge on any atom is -0.468 e. The van der Waals surface area contributed by atoms with Gasteiger partial charge in [-0.05, 0) is 64.2 Å². The second-order valence-corrected chi connectivity index (χ2v) is 4.41. The number of methoxy groups -OCH3 is 2. The van der Waals surface area contributed by atoms with Crippen LogP contribution in [0, 0.1) is 76.0 Å². The summed E-state index contributed by atoms with van der Waals surface area (Å²) in [6.07, 6.45) is 22.6. The first-order valence-corrected chi connectivity index (χ1v) is 6.88. The average Bonchev–Trinajstić information content (AvgIpc) is 3.08.